The van der Waals surface area contributed by atoms with Gasteiger partial charge in [-0.15, -0.1) is 0 Å². The third-order valence-corrected chi connectivity index (χ3v) is 5.39. The van der Waals surface area contributed by atoms with Crippen LogP contribution in [-0.2, 0) is 14.4 Å². The largest absolute Gasteiger partial charge is 0.356 e. The first kappa shape index (κ1) is 30.1. The molecule has 0 aliphatic carbocycles. The Morgan fingerprint density at radius 2 is 1.28 bits per heavy atom. The third-order valence-electron chi connectivity index (χ3n) is 5.39. The van der Waals surface area contributed by atoms with E-state index in [0.29, 0.717) is 25.9 Å². The van der Waals surface area contributed by atoms with E-state index in [0.717, 1.165) is 57.8 Å². The van der Waals surface area contributed by atoms with Crippen molar-refractivity contribution in [3.8, 4) is 0 Å². The van der Waals surface area contributed by atoms with E-state index in [2.05, 4.69) is 48.9 Å². The van der Waals surface area contributed by atoms with Crippen LogP contribution >= 0.6 is 0 Å². The molecule has 0 saturated carbocycles. The fourth-order valence-corrected chi connectivity index (χ4v) is 3.30. The molecule has 3 N–H and O–H groups in total. The molecule has 0 saturated heterocycles. The van der Waals surface area contributed by atoms with Crippen LogP contribution in [0.5, 0.6) is 0 Å². The van der Waals surface area contributed by atoms with Crippen molar-refractivity contribution in [3.05, 3.63) is 12.2 Å². The van der Waals surface area contributed by atoms with Crippen LogP contribution in [0.4, 0.5) is 0 Å². The summed E-state index contributed by atoms with van der Waals surface area (Å²) in [7, 11) is 0. The first-order chi connectivity index (χ1) is 15.5. The van der Waals surface area contributed by atoms with Crippen molar-refractivity contribution in [1.29, 1.82) is 0 Å². The predicted molar refractivity (Wildman–Crippen MR) is 133 cm³/mol. The lowest BCUT2D eigenvalue weighted by atomic mass is 10.1. The summed E-state index contributed by atoms with van der Waals surface area (Å²) in [5.74, 6) is -0.359. The Hall–Kier alpha value is -1.85. The summed E-state index contributed by atoms with van der Waals surface area (Å²) in [6.45, 7) is 7.58. The zero-order valence-electron chi connectivity index (χ0n) is 21.0. The van der Waals surface area contributed by atoms with E-state index >= 15 is 0 Å². The fourth-order valence-electron chi connectivity index (χ4n) is 3.30. The number of carbonyl (C=O) groups excluding carboxylic acids is 3. The molecule has 0 heterocycles. The Kier molecular flexibility index (Phi) is 21.1. The highest BCUT2D eigenvalue weighted by atomic mass is 16.2. The van der Waals surface area contributed by atoms with Crippen LogP contribution in [0.15, 0.2) is 12.2 Å². The molecule has 32 heavy (non-hydrogen) atoms. The van der Waals surface area contributed by atoms with Gasteiger partial charge < -0.3 is 16.0 Å². The van der Waals surface area contributed by atoms with Crippen LogP contribution in [0.1, 0.15) is 117 Å². The van der Waals surface area contributed by atoms with Gasteiger partial charge in [0.1, 0.15) is 6.04 Å². The molecule has 0 aliphatic heterocycles. The van der Waals surface area contributed by atoms with E-state index in [1.807, 2.05) is 0 Å². The van der Waals surface area contributed by atoms with Crippen molar-refractivity contribution in [3.63, 3.8) is 0 Å². The van der Waals surface area contributed by atoms with E-state index in [1.54, 1.807) is 0 Å². The standard InChI is InChI=1S/C26H49N3O3/c1-4-7-10-11-12-13-14-15-16-17-18-25(31)29-23(26(32)28-22-9-6-3)19-20-24(30)27-21-8-5-2/h10-11,23H,4-9,12-22H2,1-3H3,(H,27,30)(H,28,32)(H,29,31)/b11-10+/t23-/m0/s1. The number of rotatable bonds is 21. The number of hydrogen-bond acceptors (Lipinski definition) is 3. The summed E-state index contributed by atoms with van der Waals surface area (Å²) in [5.41, 5.74) is 0. The van der Waals surface area contributed by atoms with Gasteiger partial charge in [-0.1, -0.05) is 71.4 Å². The normalized spacial score (nSPS) is 12.0. The summed E-state index contributed by atoms with van der Waals surface area (Å²) in [6.07, 6.45) is 18.3. The molecular weight excluding hydrogens is 402 g/mol. The highest BCUT2D eigenvalue weighted by molar-refractivity contribution is 5.88. The first-order valence-corrected chi connectivity index (χ1v) is 13.0. The molecule has 0 aromatic rings. The Morgan fingerprint density at radius 3 is 1.97 bits per heavy atom. The maximum absolute atomic E-state index is 12.5. The Balaban J connectivity index is 4.23. The molecule has 0 bridgehead atoms. The average Bonchev–Trinajstić information content (AvgIpc) is 2.78. The topological polar surface area (TPSA) is 87.3 Å². The van der Waals surface area contributed by atoms with Gasteiger partial charge in [0, 0.05) is 25.9 Å². The van der Waals surface area contributed by atoms with E-state index in [4.69, 9.17) is 0 Å². The molecule has 0 aliphatic rings. The molecule has 1 atom stereocenters. The minimum atomic E-state index is -0.647. The van der Waals surface area contributed by atoms with E-state index in [-0.39, 0.29) is 24.1 Å². The highest BCUT2D eigenvalue weighted by Gasteiger charge is 2.21. The lowest BCUT2D eigenvalue weighted by Gasteiger charge is -2.18. The molecule has 0 spiro atoms. The highest BCUT2D eigenvalue weighted by Crippen LogP contribution is 2.09. The molecule has 6 nitrogen and oxygen atoms in total. The molecule has 0 aromatic heterocycles. The second-order valence-electron chi connectivity index (χ2n) is 8.57. The van der Waals surface area contributed by atoms with Gasteiger partial charge in [0.25, 0.3) is 0 Å². The fraction of sp³-hybridized carbons (Fsp3) is 0.808. The van der Waals surface area contributed by atoms with Gasteiger partial charge in [0.2, 0.25) is 17.7 Å². The number of carbonyl (C=O) groups is 3. The van der Waals surface area contributed by atoms with Crippen LogP contribution in [-0.4, -0.2) is 36.9 Å². The SMILES string of the molecule is CCC/C=C/CCCCCCCC(=O)N[C@@H](CCC(=O)NCCCC)C(=O)NCCCC. The summed E-state index contributed by atoms with van der Waals surface area (Å²) in [5, 5.41) is 8.61. The molecular formula is C26H49N3O3. The molecule has 3 amide bonds. The van der Waals surface area contributed by atoms with Crippen LogP contribution < -0.4 is 16.0 Å². The van der Waals surface area contributed by atoms with Crippen molar-refractivity contribution >= 4 is 17.7 Å². The van der Waals surface area contributed by atoms with Crippen LogP contribution in [0.3, 0.4) is 0 Å². The molecule has 186 valence electrons. The van der Waals surface area contributed by atoms with Gasteiger partial charge in [-0.25, -0.2) is 0 Å². The van der Waals surface area contributed by atoms with Gasteiger partial charge in [0.05, 0.1) is 0 Å². The van der Waals surface area contributed by atoms with E-state index in [1.165, 1.54) is 19.3 Å². The molecule has 0 unspecified atom stereocenters. The van der Waals surface area contributed by atoms with Gasteiger partial charge in [-0.3, -0.25) is 14.4 Å². The quantitative estimate of drug-likeness (QED) is 0.166. The average molecular weight is 452 g/mol. The van der Waals surface area contributed by atoms with Gasteiger partial charge in [-0.05, 0) is 44.9 Å². The molecule has 0 rings (SSSR count). The smallest absolute Gasteiger partial charge is 0.242 e. The first-order valence-electron chi connectivity index (χ1n) is 13.0. The van der Waals surface area contributed by atoms with Crippen molar-refractivity contribution < 1.29 is 14.4 Å². The summed E-state index contributed by atoms with van der Waals surface area (Å²) in [6, 6.07) is -0.647. The molecule has 0 radical (unpaired) electrons. The predicted octanol–water partition coefficient (Wildman–Crippen LogP) is 5.17. The van der Waals surface area contributed by atoms with E-state index < -0.39 is 6.04 Å². The molecule has 0 fully saturated rings. The maximum Gasteiger partial charge on any atom is 0.242 e. The second-order valence-corrected chi connectivity index (χ2v) is 8.57. The van der Waals surface area contributed by atoms with Crippen molar-refractivity contribution in [2.24, 2.45) is 0 Å². The zero-order chi connectivity index (χ0) is 23.9. The van der Waals surface area contributed by atoms with Gasteiger partial charge in [0.15, 0.2) is 0 Å². The van der Waals surface area contributed by atoms with Crippen LogP contribution in [0.2, 0.25) is 0 Å². The Morgan fingerprint density at radius 1 is 0.656 bits per heavy atom. The minimum Gasteiger partial charge on any atom is -0.356 e. The number of allylic oxidation sites excluding steroid dienone is 2. The summed E-state index contributed by atoms with van der Waals surface area (Å²) >= 11 is 0. The third kappa shape index (κ3) is 18.9. The number of amides is 3. The van der Waals surface area contributed by atoms with Crippen LogP contribution in [0.25, 0.3) is 0 Å². The Bertz CT molecular complexity index is 520. The van der Waals surface area contributed by atoms with E-state index in [9.17, 15) is 14.4 Å². The van der Waals surface area contributed by atoms with Crippen molar-refractivity contribution in [2.45, 2.75) is 123 Å². The number of unbranched alkanes of at least 4 members (excludes halogenated alkanes) is 8. The van der Waals surface area contributed by atoms with Crippen LogP contribution in [0, 0.1) is 0 Å². The number of nitrogens with one attached hydrogen (secondary N) is 3. The number of hydrogen-bond donors (Lipinski definition) is 3. The summed E-state index contributed by atoms with van der Waals surface area (Å²) in [4.78, 5) is 36.9. The summed E-state index contributed by atoms with van der Waals surface area (Å²) < 4.78 is 0. The van der Waals surface area contributed by atoms with Gasteiger partial charge in [-0.2, -0.15) is 0 Å². The van der Waals surface area contributed by atoms with Crippen molar-refractivity contribution in [2.75, 3.05) is 13.1 Å². The lowest BCUT2D eigenvalue weighted by molar-refractivity contribution is -0.129. The zero-order valence-corrected chi connectivity index (χ0v) is 21.0. The molecule has 6 heteroatoms. The monoisotopic (exact) mass is 451 g/mol. The van der Waals surface area contributed by atoms with Gasteiger partial charge >= 0.3 is 0 Å². The minimum absolute atomic E-state index is 0.0661. The lowest BCUT2D eigenvalue weighted by Crippen LogP contribution is -2.47. The Labute approximate surface area is 196 Å². The second kappa shape index (κ2) is 22.3. The molecule has 0 aromatic carbocycles. The maximum atomic E-state index is 12.5. The van der Waals surface area contributed by atoms with Crippen molar-refractivity contribution in [1.82, 2.24) is 16.0 Å².